The molecular weight excluding hydrogens is 260 g/mol. The molecule has 4 nitrogen and oxygen atoms in total. The van der Waals surface area contributed by atoms with Gasteiger partial charge >= 0.3 is 0 Å². The summed E-state index contributed by atoms with van der Waals surface area (Å²) in [4.78, 5) is 14.6. The average Bonchev–Trinajstić information content (AvgIpc) is 2.41. The highest BCUT2D eigenvalue weighted by Crippen LogP contribution is 2.24. The number of hydrogen-bond donors (Lipinski definition) is 2. The second-order valence-electron chi connectivity index (χ2n) is 4.99. The summed E-state index contributed by atoms with van der Waals surface area (Å²) in [7, 11) is 0. The summed E-state index contributed by atoms with van der Waals surface area (Å²) in [6.45, 7) is 3.16. The molecule has 1 aromatic carbocycles. The van der Waals surface area contributed by atoms with E-state index in [4.69, 9.17) is 18.0 Å². The first kappa shape index (κ1) is 13.8. The number of likely N-dealkylation sites (tertiary alicyclic amines) is 1. The zero-order chi connectivity index (χ0) is 14.0. The second-order valence-corrected chi connectivity index (χ2v) is 5.46. The van der Waals surface area contributed by atoms with Crippen LogP contribution >= 0.6 is 12.2 Å². The Balaban J connectivity index is 2.09. The van der Waals surface area contributed by atoms with E-state index in [1.807, 2.05) is 6.92 Å². The number of hydrogen-bond acceptors (Lipinski definition) is 3. The quantitative estimate of drug-likeness (QED) is 0.810. The monoisotopic (exact) mass is 278 g/mol. The molecule has 0 aliphatic carbocycles. The SMILES string of the molecule is Cc1ccc(O)c(C(=O)N2CCC(C(N)=S)CC2)c1. The van der Waals surface area contributed by atoms with Crippen molar-refractivity contribution in [3.05, 3.63) is 29.3 Å². The van der Waals surface area contributed by atoms with Crippen LogP contribution in [0.3, 0.4) is 0 Å². The van der Waals surface area contributed by atoms with Gasteiger partial charge in [-0.1, -0.05) is 23.8 Å². The molecule has 1 fully saturated rings. The fourth-order valence-electron chi connectivity index (χ4n) is 2.36. The Morgan fingerprint density at radius 2 is 2.05 bits per heavy atom. The van der Waals surface area contributed by atoms with Crippen molar-refractivity contribution in [2.24, 2.45) is 11.7 Å². The molecule has 0 unspecified atom stereocenters. The van der Waals surface area contributed by atoms with Gasteiger partial charge in [0.05, 0.1) is 10.6 Å². The number of aromatic hydroxyl groups is 1. The molecule has 3 N–H and O–H groups in total. The van der Waals surface area contributed by atoms with Crippen LogP contribution in [0, 0.1) is 12.8 Å². The third-order valence-electron chi connectivity index (χ3n) is 3.57. The maximum atomic E-state index is 12.4. The van der Waals surface area contributed by atoms with Gasteiger partial charge in [0.2, 0.25) is 0 Å². The normalized spacial score (nSPS) is 16.4. The van der Waals surface area contributed by atoms with E-state index in [1.165, 1.54) is 0 Å². The third-order valence-corrected chi connectivity index (χ3v) is 3.90. The molecule has 5 heteroatoms. The van der Waals surface area contributed by atoms with Gasteiger partial charge in [0.15, 0.2) is 0 Å². The van der Waals surface area contributed by atoms with Gasteiger partial charge in [-0.15, -0.1) is 0 Å². The van der Waals surface area contributed by atoms with Crippen LogP contribution in [0.2, 0.25) is 0 Å². The summed E-state index contributed by atoms with van der Waals surface area (Å²) < 4.78 is 0. The molecule has 0 atom stereocenters. The summed E-state index contributed by atoms with van der Waals surface area (Å²) in [5.74, 6) is 0.139. The standard InChI is InChI=1S/C14H18N2O2S/c1-9-2-3-12(17)11(8-9)14(18)16-6-4-10(5-7-16)13(15)19/h2-3,8,10,17H,4-7H2,1H3,(H2,15,19). The van der Waals surface area contributed by atoms with Crippen molar-refractivity contribution in [3.63, 3.8) is 0 Å². The summed E-state index contributed by atoms with van der Waals surface area (Å²) in [5.41, 5.74) is 6.96. The smallest absolute Gasteiger partial charge is 0.257 e. The van der Waals surface area contributed by atoms with Crippen molar-refractivity contribution in [1.82, 2.24) is 4.90 Å². The van der Waals surface area contributed by atoms with Gasteiger partial charge in [0.1, 0.15) is 5.75 Å². The minimum Gasteiger partial charge on any atom is -0.507 e. The molecule has 0 spiro atoms. The van der Waals surface area contributed by atoms with Crippen LogP contribution in [0.25, 0.3) is 0 Å². The van der Waals surface area contributed by atoms with Crippen LogP contribution in [-0.2, 0) is 0 Å². The Bertz CT molecular complexity index is 508. The number of nitrogens with zero attached hydrogens (tertiary/aromatic N) is 1. The Kier molecular flexibility index (Phi) is 4.04. The summed E-state index contributed by atoms with van der Waals surface area (Å²) in [6.07, 6.45) is 1.60. The first-order valence-electron chi connectivity index (χ1n) is 6.37. The highest BCUT2D eigenvalue weighted by molar-refractivity contribution is 7.80. The Morgan fingerprint density at radius 1 is 1.42 bits per heavy atom. The fourth-order valence-corrected chi connectivity index (χ4v) is 2.59. The Labute approximate surface area is 118 Å². The highest BCUT2D eigenvalue weighted by atomic mass is 32.1. The minimum atomic E-state index is -0.123. The molecule has 0 saturated carbocycles. The van der Waals surface area contributed by atoms with Crippen LogP contribution in [0.4, 0.5) is 0 Å². The van der Waals surface area contributed by atoms with E-state index in [2.05, 4.69) is 0 Å². The number of phenols is 1. The van der Waals surface area contributed by atoms with E-state index in [0.717, 1.165) is 18.4 Å². The van der Waals surface area contributed by atoms with Crippen LogP contribution in [0.15, 0.2) is 18.2 Å². The Hall–Kier alpha value is -1.62. The predicted octanol–water partition coefficient (Wildman–Crippen LogP) is 1.84. The van der Waals surface area contributed by atoms with E-state index < -0.39 is 0 Å². The molecule has 1 aliphatic rings. The summed E-state index contributed by atoms with van der Waals surface area (Å²) >= 11 is 4.99. The molecule has 1 aliphatic heterocycles. The molecule has 1 heterocycles. The number of amides is 1. The van der Waals surface area contributed by atoms with E-state index in [9.17, 15) is 9.90 Å². The number of carbonyl (C=O) groups excluding carboxylic acids is 1. The lowest BCUT2D eigenvalue weighted by Gasteiger charge is -2.31. The largest absolute Gasteiger partial charge is 0.507 e. The maximum Gasteiger partial charge on any atom is 0.257 e. The Morgan fingerprint density at radius 3 is 2.63 bits per heavy atom. The molecule has 2 rings (SSSR count). The van der Waals surface area contributed by atoms with Gasteiger partial charge in [0, 0.05) is 19.0 Å². The van der Waals surface area contributed by atoms with Crippen LogP contribution in [0.1, 0.15) is 28.8 Å². The van der Waals surface area contributed by atoms with Gasteiger partial charge in [-0.25, -0.2) is 0 Å². The molecule has 19 heavy (non-hydrogen) atoms. The first-order valence-corrected chi connectivity index (χ1v) is 6.78. The lowest BCUT2D eigenvalue weighted by atomic mass is 9.96. The van der Waals surface area contributed by atoms with E-state index in [0.29, 0.717) is 23.6 Å². The minimum absolute atomic E-state index is 0.0343. The first-order chi connectivity index (χ1) is 8.99. The lowest BCUT2D eigenvalue weighted by Crippen LogP contribution is -2.41. The molecule has 102 valence electrons. The summed E-state index contributed by atoms with van der Waals surface area (Å²) in [5, 5.41) is 9.79. The van der Waals surface area contributed by atoms with E-state index >= 15 is 0 Å². The van der Waals surface area contributed by atoms with Gasteiger partial charge in [0.25, 0.3) is 5.91 Å². The number of benzene rings is 1. The number of phenolic OH excluding ortho intramolecular Hbond substituents is 1. The maximum absolute atomic E-state index is 12.4. The number of nitrogens with two attached hydrogens (primary N) is 1. The van der Waals surface area contributed by atoms with Crippen LogP contribution < -0.4 is 5.73 Å². The average molecular weight is 278 g/mol. The molecule has 0 aromatic heterocycles. The number of rotatable bonds is 2. The molecule has 1 aromatic rings. The summed E-state index contributed by atoms with van der Waals surface area (Å²) in [6, 6.07) is 5.06. The van der Waals surface area contributed by atoms with Crippen molar-refractivity contribution in [2.75, 3.05) is 13.1 Å². The van der Waals surface area contributed by atoms with E-state index in [1.54, 1.807) is 23.1 Å². The molecule has 1 amide bonds. The number of aryl methyl sites for hydroxylation is 1. The van der Waals surface area contributed by atoms with Crippen molar-refractivity contribution >= 4 is 23.1 Å². The molecule has 0 radical (unpaired) electrons. The van der Waals surface area contributed by atoms with Crippen molar-refractivity contribution in [2.45, 2.75) is 19.8 Å². The zero-order valence-corrected chi connectivity index (χ0v) is 11.7. The predicted molar refractivity (Wildman–Crippen MR) is 78.3 cm³/mol. The second kappa shape index (κ2) is 5.57. The number of thiocarbonyl (C=S) groups is 1. The van der Waals surface area contributed by atoms with Crippen molar-refractivity contribution < 1.29 is 9.90 Å². The fraction of sp³-hybridized carbons (Fsp3) is 0.429. The van der Waals surface area contributed by atoms with Gasteiger partial charge in [-0.3, -0.25) is 4.79 Å². The van der Waals surface area contributed by atoms with Crippen LogP contribution in [0.5, 0.6) is 5.75 Å². The highest BCUT2D eigenvalue weighted by Gasteiger charge is 2.26. The van der Waals surface area contributed by atoms with Gasteiger partial charge < -0.3 is 15.7 Å². The molecule has 1 saturated heterocycles. The van der Waals surface area contributed by atoms with Crippen LogP contribution in [-0.4, -0.2) is 34.0 Å². The molecular formula is C14H18N2O2S. The lowest BCUT2D eigenvalue weighted by molar-refractivity contribution is 0.0707. The number of carbonyl (C=O) groups is 1. The van der Waals surface area contributed by atoms with Gasteiger partial charge in [-0.2, -0.15) is 0 Å². The van der Waals surface area contributed by atoms with E-state index in [-0.39, 0.29) is 17.6 Å². The topological polar surface area (TPSA) is 66.6 Å². The van der Waals surface area contributed by atoms with Crippen molar-refractivity contribution in [3.8, 4) is 5.75 Å². The third kappa shape index (κ3) is 3.04. The number of piperidine rings is 1. The van der Waals surface area contributed by atoms with Gasteiger partial charge in [-0.05, 0) is 31.9 Å². The van der Waals surface area contributed by atoms with Crippen molar-refractivity contribution in [1.29, 1.82) is 0 Å². The zero-order valence-electron chi connectivity index (χ0n) is 10.9. The molecule has 0 bridgehead atoms.